The summed E-state index contributed by atoms with van der Waals surface area (Å²) in [5, 5.41) is 2.44. The monoisotopic (exact) mass is 324 g/mol. The van der Waals surface area contributed by atoms with Gasteiger partial charge in [-0.25, -0.2) is 0 Å². The molecular weight excluding hydrogens is 304 g/mol. The molecule has 0 radical (unpaired) electrons. The number of ketones is 1. The largest absolute Gasteiger partial charge is 0.359 e. The lowest BCUT2D eigenvalue weighted by atomic mass is 9.79. The number of imide groups is 1. The maximum Gasteiger partial charge on any atom is 0.233 e. The Morgan fingerprint density at radius 2 is 1.75 bits per heavy atom. The number of carbonyl (C=O) groups is 3. The van der Waals surface area contributed by atoms with Crippen molar-refractivity contribution in [2.75, 3.05) is 0 Å². The molecule has 0 spiro atoms. The number of nitrogens with zero attached hydrogens (tertiary/aromatic N) is 1. The molecule has 0 bridgehead atoms. The molecule has 2 fully saturated rings. The first kappa shape index (κ1) is 15.1. The van der Waals surface area contributed by atoms with Crippen molar-refractivity contribution in [1.29, 1.82) is 0 Å². The number of fused-ring (bicyclic) bond motifs is 5. The molecule has 1 aromatic rings. The van der Waals surface area contributed by atoms with Crippen LogP contribution >= 0.6 is 0 Å². The molecule has 1 aromatic carbocycles. The molecule has 5 heteroatoms. The fraction of sp³-hybridized carbons (Fsp3) is 0.421. The van der Waals surface area contributed by atoms with E-state index in [9.17, 15) is 14.4 Å². The maximum atomic E-state index is 13.1. The van der Waals surface area contributed by atoms with Crippen LogP contribution in [-0.4, -0.2) is 28.5 Å². The first-order valence-electron chi connectivity index (χ1n) is 8.24. The van der Waals surface area contributed by atoms with Crippen molar-refractivity contribution in [3.8, 4) is 0 Å². The summed E-state index contributed by atoms with van der Waals surface area (Å²) < 4.78 is 0. The number of nitrogens with one attached hydrogen (secondary N) is 1. The fourth-order valence-corrected chi connectivity index (χ4v) is 4.22. The number of rotatable bonds is 1. The SMILES string of the molecule is CC(C)(C)C(=O)[C@@H]1[C@@H]2C(=O)NC(=O)[C@@H]2[C@H]2c3ccccc3C=CN12. The number of hydrogen-bond donors (Lipinski definition) is 1. The summed E-state index contributed by atoms with van der Waals surface area (Å²) in [6, 6.07) is 6.98. The highest BCUT2D eigenvalue weighted by Crippen LogP contribution is 2.51. The van der Waals surface area contributed by atoms with Crippen molar-refractivity contribution >= 4 is 23.7 Å². The van der Waals surface area contributed by atoms with Crippen molar-refractivity contribution in [2.24, 2.45) is 17.3 Å². The second-order valence-corrected chi connectivity index (χ2v) is 7.80. The van der Waals surface area contributed by atoms with Crippen molar-refractivity contribution < 1.29 is 14.4 Å². The topological polar surface area (TPSA) is 66.5 Å². The Morgan fingerprint density at radius 1 is 1.08 bits per heavy atom. The van der Waals surface area contributed by atoms with Crippen LogP contribution in [0.4, 0.5) is 0 Å². The van der Waals surface area contributed by atoms with E-state index >= 15 is 0 Å². The number of hydrogen-bond acceptors (Lipinski definition) is 4. The van der Waals surface area contributed by atoms with Gasteiger partial charge in [0.1, 0.15) is 6.04 Å². The summed E-state index contributed by atoms with van der Waals surface area (Å²) in [4.78, 5) is 39.9. The Balaban J connectivity index is 1.88. The van der Waals surface area contributed by atoms with Gasteiger partial charge in [-0.2, -0.15) is 0 Å². The molecule has 0 saturated carbocycles. The van der Waals surface area contributed by atoms with Crippen LogP contribution in [0.5, 0.6) is 0 Å². The lowest BCUT2D eigenvalue weighted by Crippen LogP contribution is -2.46. The van der Waals surface area contributed by atoms with E-state index in [1.807, 2.05) is 62.2 Å². The second-order valence-electron chi connectivity index (χ2n) is 7.80. The molecule has 3 aliphatic rings. The van der Waals surface area contributed by atoms with E-state index in [1.165, 1.54) is 0 Å². The van der Waals surface area contributed by atoms with E-state index in [0.717, 1.165) is 11.1 Å². The third-order valence-corrected chi connectivity index (χ3v) is 5.31. The van der Waals surface area contributed by atoms with Gasteiger partial charge in [0.05, 0.1) is 17.9 Å². The Morgan fingerprint density at radius 3 is 2.46 bits per heavy atom. The summed E-state index contributed by atoms with van der Waals surface area (Å²) in [5.41, 5.74) is 1.46. The van der Waals surface area contributed by atoms with E-state index in [4.69, 9.17) is 0 Å². The molecule has 1 N–H and O–H groups in total. The summed E-state index contributed by atoms with van der Waals surface area (Å²) in [6.45, 7) is 5.57. The predicted molar refractivity (Wildman–Crippen MR) is 88.4 cm³/mol. The number of carbonyl (C=O) groups excluding carboxylic acids is 3. The molecule has 2 saturated heterocycles. The Bertz CT molecular complexity index is 790. The van der Waals surface area contributed by atoms with E-state index in [1.54, 1.807) is 0 Å². The van der Waals surface area contributed by atoms with Gasteiger partial charge in [0.2, 0.25) is 11.8 Å². The second kappa shape index (κ2) is 4.79. The summed E-state index contributed by atoms with van der Waals surface area (Å²) in [6.07, 6.45) is 3.83. The van der Waals surface area contributed by atoms with Gasteiger partial charge < -0.3 is 4.90 Å². The molecule has 24 heavy (non-hydrogen) atoms. The minimum atomic E-state index is -0.620. The highest BCUT2D eigenvalue weighted by molar-refractivity contribution is 6.09. The molecule has 0 aliphatic carbocycles. The van der Waals surface area contributed by atoms with E-state index in [2.05, 4.69) is 5.32 Å². The molecule has 5 nitrogen and oxygen atoms in total. The van der Waals surface area contributed by atoms with Gasteiger partial charge in [0, 0.05) is 11.6 Å². The van der Waals surface area contributed by atoms with Crippen LogP contribution in [0, 0.1) is 17.3 Å². The van der Waals surface area contributed by atoms with Gasteiger partial charge in [0.15, 0.2) is 5.78 Å². The van der Waals surface area contributed by atoms with Crippen LogP contribution in [0.3, 0.4) is 0 Å². The van der Waals surface area contributed by atoms with E-state index in [0.29, 0.717) is 0 Å². The van der Waals surface area contributed by atoms with Gasteiger partial charge in [-0.15, -0.1) is 0 Å². The van der Waals surface area contributed by atoms with Gasteiger partial charge in [-0.05, 0) is 17.2 Å². The molecule has 4 rings (SSSR count). The zero-order valence-corrected chi connectivity index (χ0v) is 13.9. The highest BCUT2D eigenvalue weighted by atomic mass is 16.2. The standard InChI is InChI=1S/C19H20N2O3/c1-19(2,3)16(22)15-13-12(17(23)20-18(13)24)14-11-7-5-4-6-10(11)8-9-21(14)15/h4-9,12-15H,1-3H3,(H,20,23,24)/t12-,13+,14+,15-/m0/s1. The summed E-state index contributed by atoms with van der Waals surface area (Å²) >= 11 is 0. The molecule has 0 unspecified atom stereocenters. The molecule has 3 heterocycles. The molecular formula is C19H20N2O3. The molecule has 124 valence electrons. The summed E-state index contributed by atoms with van der Waals surface area (Å²) in [5.74, 6) is -1.74. The first-order valence-corrected chi connectivity index (χ1v) is 8.24. The zero-order valence-electron chi connectivity index (χ0n) is 13.9. The van der Waals surface area contributed by atoms with Crippen LogP contribution < -0.4 is 5.32 Å². The van der Waals surface area contributed by atoms with Crippen molar-refractivity contribution in [2.45, 2.75) is 32.9 Å². The van der Waals surface area contributed by atoms with E-state index in [-0.39, 0.29) is 23.6 Å². The van der Waals surface area contributed by atoms with Crippen LogP contribution in [0.2, 0.25) is 0 Å². The predicted octanol–water partition coefficient (Wildman–Crippen LogP) is 1.90. The first-order chi connectivity index (χ1) is 11.3. The lowest BCUT2D eigenvalue weighted by molar-refractivity contribution is -0.136. The summed E-state index contributed by atoms with van der Waals surface area (Å²) in [7, 11) is 0. The normalized spacial score (nSPS) is 30.7. The Hall–Kier alpha value is -2.43. The van der Waals surface area contributed by atoms with Crippen LogP contribution in [-0.2, 0) is 14.4 Å². The molecule has 3 aliphatic heterocycles. The number of Topliss-reactive ketones (excluding diaryl/α,β-unsaturated/α-hetero) is 1. The third kappa shape index (κ3) is 1.90. The number of amides is 2. The lowest BCUT2D eigenvalue weighted by Gasteiger charge is -2.36. The minimum Gasteiger partial charge on any atom is -0.359 e. The van der Waals surface area contributed by atoms with Crippen LogP contribution in [0.15, 0.2) is 30.5 Å². The zero-order chi connectivity index (χ0) is 17.2. The van der Waals surface area contributed by atoms with Crippen LogP contribution in [0.1, 0.15) is 37.9 Å². The van der Waals surface area contributed by atoms with Crippen molar-refractivity contribution in [1.82, 2.24) is 10.2 Å². The third-order valence-electron chi connectivity index (χ3n) is 5.31. The minimum absolute atomic E-state index is 0.00567. The Labute approximate surface area is 140 Å². The number of benzene rings is 1. The van der Waals surface area contributed by atoms with Gasteiger partial charge in [-0.1, -0.05) is 45.0 Å². The van der Waals surface area contributed by atoms with Crippen molar-refractivity contribution in [3.05, 3.63) is 41.6 Å². The van der Waals surface area contributed by atoms with Gasteiger partial charge in [0.25, 0.3) is 0 Å². The van der Waals surface area contributed by atoms with Crippen LogP contribution in [0.25, 0.3) is 6.08 Å². The highest BCUT2D eigenvalue weighted by Gasteiger charge is 2.62. The fourth-order valence-electron chi connectivity index (χ4n) is 4.22. The average molecular weight is 324 g/mol. The van der Waals surface area contributed by atoms with Gasteiger partial charge >= 0.3 is 0 Å². The smallest absolute Gasteiger partial charge is 0.233 e. The Kier molecular flexibility index (Phi) is 3.02. The molecule has 0 aromatic heterocycles. The maximum absolute atomic E-state index is 13.1. The molecule has 4 atom stereocenters. The molecule has 2 amide bonds. The average Bonchev–Trinajstić information content (AvgIpc) is 3.01. The van der Waals surface area contributed by atoms with Crippen molar-refractivity contribution in [3.63, 3.8) is 0 Å². The quantitative estimate of drug-likeness (QED) is 0.801. The van der Waals surface area contributed by atoms with Gasteiger partial charge in [-0.3, -0.25) is 19.7 Å². The van der Waals surface area contributed by atoms with E-state index < -0.39 is 23.3 Å².